The largest absolute Gasteiger partial charge is 0.383 e. The van der Waals surface area contributed by atoms with E-state index in [1.165, 1.54) is 7.11 Å². The van der Waals surface area contributed by atoms with Gasteiger partial charge >= 0.3 is 0 Å². The van der Waals surface area contributed by atoms with Crippen molar-refractivity contribution in [1.82, 2.24) is 5.32 Å². The smallest absolute Gasteiger partial charge is 0.261 e. The first-order valence-corrected chi connectivity index (χ1v) is 3.24. The van der Waals surface area contributed by atoms with Gasteiger partial charge in [0.2, 0.25) is 0 Å². The fourth-order valence-corrected chi connectivity index (χ4v) is 1.12. The molecule has 0 radical (unpaired) electrons. The van der Waals surface area contributed by atoms with Crippen LogP contribution in [0.5, 0.6) is 0 Å². The highest BCUT2D eigenvalue weighted by Gasteiger charge is 2.38. The summed E-state index contributed by atoms with van der Waals surface area (Å²) < 4.78 is 29.5. The summed E-state index contributed by atoms with van der Waals surface area (Å²) in [6, 6.07) is -0.167. The molecule has 1 heterocycles. The molecule has 1 atom stereocenters. The maximum Gasteiger partial charge on any atom is 0.261 e. The van der Waals surface area contributed by atoms with Crippen LogP contribution in [0.25, 0.3) is 0 Å². The van der Waals surface area contributed by atoms with Crippen molar-refractivity contribution in [2.45, 2.75) is 18.4 Å². The maximum absolute atomic E-state index is 12.4. The number of ether oxygens (including phenoxy) is 1. The number of hydrogen-bond donors (Lipinski definition) is 1. The van der Waals surface area contributed by atoms with Crippen LogP contribution in [0.3, 0.4) is 0 Å². The van der Waals surface area contributed by atoms with Crippen molar-refractivity contribution in [2.75, 3.05) is 20.3 Å². The van der Waals surface area contributed by atoms with E-state index in [1.807, 2.05) is 0 Å². The number of alkyl halides is 2. The van der Waals surface area contributed by atoms with Gasteiger partial charge in [-0.1, -0.05) is 0 Å². The first-order valence-electron chi connectivity index (χ1n) is 3.24. The second-order valence-corrected chi connectivity index (χ2v) is 2.59. The van der Waals surface area contributed by atoms with E-state index in [2.05, 4.69) is 5.32 Å². The van der Waals surface area contributed by atoms with Gasteiger partial charge < -0.3 is 10.1 Å². The topological polar surface area (TPSA) is 21.3 Å². The Kier molecular flexibility index (Phi) is 2.21. The standard InChI is InChI=1S/C6H11F2NO/c1-10-3-5-2-6(7,8)4-9-5/h5,9H,2-4H2,1H3. The van der Waals surface area contributed by atoms with E-state index in [0.29, 0.717) is 6.61 Å². The Balaban J connectivity index is 2.29. The Bertz CT molecular complexity index is 118. The van der Waals surface area contributed by atoms with Crippen molar-refractivity contribution in [3.05, 3.63) is 0 Å². The number of nitrogens with one attached hydrogen (secondary N) is 1. The molecule has 0 aliphatic carbocycles. The molecule has 0 amide bonds. The van der Waals surface area contributed by atoms with E-state index < -0.39 is 5.92 Å². The van der Waals surface area contributed by atoms with Crippen molar-refractivity contribution in [3.8, 4) is 0 Å². The maximum atomic E-state index is 12.4. The van der Waals surface area contributed by atoms with Crippen LogP contribution >= 0.6 is 0 Å². The third kappa shape index (κ3) is 1.88. The molecule has 1 saturated heterocycles. The average molecular weight is 151 g/mol. The van der Waals surface area contributed by atoms with Crippen LogP contribution in [0, 0.1) is 0 Å². The third-order valence-electron chi connectivity index (χ3n) is 1.56. The molecule has 1 rings (SSSR count). The van der Waals surface area contributed by atoms with Gasteiger partial charge in [0.05, 0.1) is 13.2 Å². The van der Waals surface area contributed by atoms with E-state index in [9.17, 15) is 8.78 Å². The van der Waals surface area contributed by atoms with Gasteiger partial charge in [-0.15, -0.1) is 0 Å². The molecule has 1 aliphatic rings. The highest BCUT2D eigenvalue weighted by atomic mass is 19.3. The fraction of sp³-hybridized carbons (Fsp3) is 1.00. The van der Waals surface area contributed by atoms with Crippen LogP contribution in [0.4, 0.5) is 8.78 Å². The molecule has 1 fully saturated rings. The molecular formula is C6H11F2NO. The van der Waals surface area contributed by atoms with Gasteiger partial charge in [-0.25, -0.2) is 8.78 Å². The summed E-state index contributed by atoms with van der Waals surface area (Å²) in [4.78, 5) is 0. The molecule has 0 bridgehead atoms. The second kappa shape index (κ2) is 2.80. The Morgan fingerprint density at radius 2 is 2.40 bits per heavy atom. The molecule has 4 heteroatoms. The predicted octanol–water partition coefficient (Wildman–Crippen LogP) is 0.630. The molecular weight excluding hydrogens is 140 g/mol. The van der Waals surface area contributed by atoms with Gasteiger partial charge in [-0.2, -0.15) is 0 Å². The third-order valence-corrected chi connectivity index (χ3v) is 1.56. The molecule has 1 unspecified atom stereocenters. The molecule has 60 valence electrons. The van der Waals surface area contributed by atoms with Gasteiger partial charge in [0.25, 0.3) is 5.92 Å². The SMILES string of the molecule is COCC1CC(F)(F)CN1. The zero-order chi connectivity index (χ0) is 7.61. The summed E-state index contributed by atoms with van der Waals surface area (Å²) in [6.07, 6.45) is -0.0964. The summed E-state index contributed by atoms with van der Waals surface area (Å²) in [5.41, 5.74) is 0. The van der Waals surface area contributed by atoms with Crippen LogP contribution in [-0.2, 0) is 4.74 Å². The summed E-state index contributed by atoms with van der Waals surface area (Å²) in [5, 5.41) is 2.67. The normalized spacial score (nSPS) is 30.9. The molecule has 0 aromatic heterocycles. The summed E-state index contributed by atoms with van der Waals surface area (Å²) >= 11 is 0. The second-order valence-electron chi connectivity index (χ2n) is 2.59. The van der Waals surface area contributed by atoms with Gasteiger partial charge in [0.1, 0.15) is 0 Å². The minimum atomic E-state index is -2.52. The zero-order valence-electron chi connectivity index (χ0n) is 5.86. The Morgan fingerprint density at radius 1 is 1.70 bits per heavy atom. The van der Waals surface area contributed by atoms with E-state index in [-0.39, 0.29) is 19.0 Å². The van der Waals surface area contributed by atoms with E-state index in [4.69, 9.17) is 4.74 Å². The van der Waals surface area contributed by atoms with Gasteiger partial charge in [0, 0.05) is 19.6 Å². The molecule has 0 aromatic rings. The number of halogens is 2. The van der Waals surface area contributed by atoms with Crippen LogP contribution in [0.15, 0.2) is 0 Å². The van der Waals surface area contributed by atoms with Crippen molar-refractivity contribution in [3.63, 3.8) is 0 Å². The molecule has 10 heavy (non-hydrogen) atoms. The van der Waals surface area contributed by atoms with Crippen LogP contribution < -0.4 is 5.32 Å². The summed E-state index contributed by atoms with van der Waals surface area (Å²) in [6.45, 7) is 0.163. The van der Waals surface area contributed by atoms with Crippen molar-refractivity contribution >= 4 is 0 Å². The van der Waals surface area contributed by atoms with E-state index in [0.717, 1.165) is 0 Å². The number of methoxy groups -OCH3 is 1. The monoisotopic (exact) mass is 151 g/mol. The van der Waals surface area contributed by atoms with Crippen LogP contribution in [-0.4, -0.2) is 32.2 Å². The molecule has 0 aromatic carbocycles. The minimum Gasteiger partial charge on any atom is -0.383 e. The number of hydrogen-bond acceptors (Lipinski definition) is 2. The van der Waals surface area contributed by atoms with E-state index >= 15 is 0 Å². The van der Waals surface area contributed by atoms with Crippen molar-refractivity contribution < 1.29 is 13.5 Å². The molecule has 1 N–H and O–H groups in total. The lowest BCUT2D eigenvalue weighted by molar-refractivity contribution is 0.0181. The zero-order valence-corrected chi connectivity index (χ0v) is 5.86. The molecule has 1 aliphatic heterocycles. The first-order chi connectivity index (χ1) is 4.64. The summed E-state index contributed by atoms with van der Waals surface area (Å²) in [5.74, 6) is -2.52. The van der Waals surface area contributed by atoms with Gasteiger partial charge in [-0.05, 0) is 0 Å². The summed E-state index contributed by atoms with van der Waals surface area (Å²) in [7, 11) is 1.51. The lowest BCUT2D eigenvalue weighted by Gasteiger charge is -2.07. The molecule has 0 saturated carbocycles. The average Bonchev–Trinajstić information content (AvgIpc) is 2.12. The molecule has 2 nitrogen and oxygen atoms in total. The van der Waals surface area contributed by atoms with Crippen LogP contribution in [0.1, 0.15) is 6.42 Å². The Labute approximate surface area is 58.6 Å². The van der Waals surface area contributed by atoms with Crippen molar-refractivity contribution in [2.24, 2.45) is 0 Å². The van der Waals surface area contributed by atoms with Crippen molar-refractivity contribution in [1.29, 1.82) is 0 Å². The lowest BCUT2D eigenvalue weighted by atomic mass is 10.2. The van der Waals surface area contributed by atoms with E-state index in [1.54, 1.807) is 0 Å². The molecule has 0 spiro atoms. The van der Waals surface area contributed by atoms with Crippen LogP contribution in [0.2, 0.25) is 0 Å². The minimum absolute atomic E-state index is 0.0964. The number of rotatable bonds is 2. The lowest BCUT2D eigenvalue weighted by Crippen LogP contribution is -2.26. The highest BCUT2D eigenvalue weighted by molar-refractivity contribution is 4.86. The van der Waals surface area contributed by atoms with Gasteiger partial charge in [0.15, 0.2) is 0 Å². The highest BCUT2D eigenvalue weighted by Crippen LogP contribution is 2.24. The Hall–Kier alpha value is -0.220. The first kappa shape index (κ1) is 7.88. The Morgan fingerprint density at radius 3 is 2.80 bits per heavy atom. The quantitative estimate of drug-likeness (QED) is 0.625. The fourth-order valence-electron chi connectivity index (χ4n) is 1.12. The predicted molar refractivity (Wildman–Crippen MR) is 33.2 cm³/mol. The van der Waals surface area contributed by atoms with Gasteiger partial charge in [-0.3, -0.25) is 0 Å².